The van der Waals surface area contributed by atoms with Gasteiger partial charge in [-0.25, -0.2) is 0 Å². The second-order valence-corrected chi connectivity index (χ2v) is 6.11. The van der Waals surface area contributed by atoms with Crippen molar-refractivity contribution in [3.8, 4) is 11.5 Å². The highest BCUT2D eigenvalue weighted by Gasteiger charge is 2.14. The second-order valence-electron chi connectivity index (χ2n) is 6.11. The molecule has 0 aliphatic rings. The van der Waals surface area contributed by atoms with Crippen LogP contribution < -0.4 is 20.1 Å². The van der Waals surface area contributed by atoms with Gasteiger partial charge in [0.2, 0.25) is 0 Å². The van der Waals surface area contributed by atoms with Gasteiger partial charge < -0.3 is 24.8 Å². The predicted octanol–water partition coefficient (Wildman–Crippen LogP) is 1.85. The van der Waals surface area contributed by atoms with E-state index in [2.05, 4.69) is 10.6 Å². The third-order valence-electron chi connectivity index (χ3n) is 4.08. The van der Waals surface area contributed by atoms with E-state index in [1.807, 2.05) is 37.3 Å². The van der Waals surface area contributed by atoms with E-state index in [0.29, 0.717) is 17.1 Å². The summed E-state index contributed by atoms with van der Waals surface area (Å²) in [6.45, 7) is 1.04. The fourth-order valence-corrected chi connectivity index (χ4v) is 2.54. The normalized spacial score (nSPS) is 11.1. The van der Waals surface area contributed by atoms with Gasteiger partial charge in [0, 0.05) is 5.56 Å². The summed E-state index contributed by atoms with van der Waals surface area (Å²) >= 11 is 0. The molecule has 2 rings (SSSR count). The Labute approximate surface area is 169 Å². The second kappa shape index (κ2) is 10.7. The molecule has 2 N–H and O–H groups in total. The Morgan fingerprint density at radius 3 is 2.31 bits per heavy atom. The molecule has 8 heteroatoms. The van der Waals surface area contributed by atoms with Gasteiger partial charge in [-0.2, -0.15) is 0 Å². The topological polar surface area (TPSA) is 103 Å². The molecule has 29 heavy (non-hydrogen) atoms. The molecule has 0 spiro atoms. The minimum absolute atomic E-state index is 0.216. The zero-order chi connectivity index (χ0) is 21.2. The van der Waals surface area contributed by atoms with Crippen LogP contribution in [-0.2, 0) is 14.3 Å². The fourth-order valence-electron chi connectivity index (χ4n) is 2.54. The Balaban J connectivity index is 1.76. The van der Waals surface area contributed by atoms with E-state index in [9.17, 15) is 14.4 Å². The summed E-state index contributed by atoms with van der Waals surface area (Å²) in [6.07, 6.45) is 0. The van der Waals surface area contributed by atoms with Gasteiger partial charge in [0.25, 0.3) is 11.8 Å². The van der Waals surface area contributed by atoms with Crippen molar-refractivity contribution in [2.24, 2.45) is 0 Å². The first-order chi connectivity index (χ1) is 13.9. The number of carbonyl (C=O) groups is 3. The lowest BCUT2D eigenvalue weighted by atomic mass is 10.1. The average Bonchev–Trinajstić information content (AvgIpc) is 2.75. The summed E-state index contributed by atoms with van der Waals surface area (Å²) < 4.78 is 15.1. The van der Waals surface area contributed by atoms with Crippen LogP contribution in [0.4, 0.5) is 0 Å². The largest absolute Gasteiger partial charge is 0.493 e. The highest BCUT2D eigenvalue weighted by atomic mass is 16.5. The van der Waals surface area contributed by atoms with Crippen LogP contribution in [0.3, 0.4) is 0 Å². The maximum Gasteiger partial charge on any atom is 0.325 e. The molecule has 0 bridgehead atoms. The van der Waals surface area contributed by atoms with Gasteiger partial charge in [0.1, 0.15) is 6.54 Å². The molecule has 0 aliphatic heterocycles. The van der Waals surface area contributed by atoms with Crippen molar-refractivity contribution in [2.45, 2.75) is 13.0 Å². The standard InChI is InChI=1S/C21H24N2O6/c1-14(15-7-5-4-6-8-15)23-19(24)13-29-20(25)12-22-21(26)16-9-10-17(27-2)18(11-16)28-3/h4-11,14H,12-13H2,1-3H3,(H,22,26)(H,23,24). The van der Waals surface area contributed by atoms with Crippen molar-refractivity contribution in [2.75, 3.05) is 27.4 Å². The molecule has 0 radical (unpaired) electrons. The minimum Gasteiger partial charge on any atom is -0.493 e. The lowest BCUT2D eigenvalue weighted by molar-refractivity contribution is -0.147. The molecular weight excluding hydrogens is 376 g/mol. The van der Waals surface area contributed by atoms with Crippen LogP contribution in [0, 0.1) is 0 Å². The van der Waals surface area contributed by atoms with E-state index < -0.39 is 24.4 Å². The molecule has 2 aromatic carbocycles. The molecule has 0 saturated heterocycles. The van der Waals surface area contributed by atoms with E-state index >= 15 is 0 Å². The number of hydrogen-bond donors (Lipinski definition) is 2. The van der Waals surface area contributed by atoms with Gasteiger partial charge in [-0.3, -0.25) is 14.4 Å². The predicted molar refractivity (Wildman–Crippen MR) is 106 cm³/mol. The van der Waals surface area contributed by atoms with Crippen LogP contribution in [0.5, 0.6) is 11.5 Å². The summed E-state index contributed by atoms with van der Waals surface area (Å²) in [5, 5.41) is 5.17. The van der Waals surface area contributed by atoms with Crippen LogP contribution >= 0.6 is 0 Å². The first-order valence-electron chi connectivity index (χ1n) is 8.94. The third kappa shape index (κ3) is 6.53. The first kappa shape index (κ1) is 21.7. The zero-order valence-electron chi connectivity index (χ0n) is 16.6. The maximum absolute atomic E-state index is 12.2. The number of rotatable bonds is 9. The lowest BCUT2D eigenvalue weighted by Gasteiger charge is -2.14. The maximum atomic E-state index is 12.2. The molecular formula is C21H24N2O6. The van der Waals surface area contributed by atoms with Gasteiger partial charge in [0.05, 0.1) is 20.3 Å². The quantitative estimate of drug-likeness (QED) is 0.623. The number of esters is 1. The van der Waals surface area contributed by atoms with Crippen molar-refractivity contribution in [1.82, 2.24) is 10.6 Å². The molecule has 0 aliphatic carbocycles. The number of benzene rings is 2. The molecule has 1 atom stereocenters. The highest BCUT2D eigenvalue weighted by Crippen LogP contribution is 2.27. The van der Waals surface area contributed by atoms with Crippen LogP contribution in [0.1, 0.15) is 28.9 Å². The van der Waals surface area contributed by atoms with E-state index in [-0.39, 0.29) is 12.6 Å². The molecule has 2 amide bonds. The van der Waals surface area contributed by atoms with Crippen LogP contribution in [-0.4, -0.2) is 45.2 Å². The van der Waals surface area contributed by atoms with Crippen molar-refractivity contribution < 1.29 is 28.6 Å². The third-order valence-corrected chi connectivity index (χ3v) is 4.08. The lowest BCUT2D eigenvalue weighted by Crippen LogP contribution is -2.34. The molecule has 0 heterocycles. The van der Waals surface area contributed by atoms with Gasteiger partial charge >= 0.3 is 5.97 Å². The monoisotopic (exact) mass is 400 g/mol. The average molecular weight is 400 g/mol. The zero-order valence-corrected chi connectivity index (χ0v) is 16.6. The Hall–Kier alpha value is -3.55. The first-order valence-corrected chi connectivity index (χ1v) is 8.94. The number of hydrogen-bond acceptors (Lipinski definition) is 6. The van der Waals surface area contributed by atoms with Crippen LogP contribution in [0.25, 0.3) is 0 Å². The number of ether oxygens (including phenoxy) is 3. The molecule has 0 aromatic heterocycles. The van der Waals surface area contributed by atoms with Crippen molar-refractivity contribution in [1.29, 1.82) is 0 Å². The molecule has 8 nitrogen and oxygen atoms in total. The Morgan fingerprint density at radius 2 is 1.66 bits per heavy atom. The minimum atomic E-state index is -0.721. The number of nitrogens with one attached hydrogen (secondary N) is 2. The van der Waals surface area contributed by atoms with E-state index in [4.69, 9.17) is 14.2 Å². The molecule has 154 valence electrons. The Morgan fingerprint density at radius 1 is 0.966 bits per heavy atom. The molecule has 2 aromatic rings. The number of carbonyl (C=O) groups excluding carboxylic acids is 3. The Kier molecular flexibility index (Phi) is 8.02. The smallest absolute Gasteiger partial charge is 0.325 e. The molecule has 0 saturated carbocycles. The SMILES string of the molecule is COc1ccc(C(=O)NCC(=O)OCC(=O)NC(C)c2ccccc2)cc1OC. The molecule has 0 fully saturated rings. The van der Waals surface area contributed by atoms with Crippen LogP contribution in [0.2, 0.25) is 0 Å². The summed E-state index contributed by atoms with van der Waals surface area (Å²) in [5.41, 5.74) is 1.24. The summed E-state index contributed by atoms with van der Waals surface area (Å²) in [4.78, 5) is 35.9. The van der Waals surface area contributed by atoms with Crippen molar-refractivity contribution in [3.63, 3.8) is 0 Å². The van der Waals surface area contributed by atoms with Crippen LogP contribution in [0.15, 0.2) is 48.5 Å². The van der Waals surface area contributed by atoms with E-state index in [0.717, 1.165) is 5.56 Å². The van der Waals surface area contributed by atoms with Gasteiger partial charge in [-0.15, -0.1) is 0 Å². The van der Waals surface area contributed by atoms with E-state index in [1.54, 1.807) is 12.1 Å². The van der Waals surface area contributed by atoms with Gasteiger partial charge in [0.15, 0.2) is 18.1 Å². The van der Waals surface area contributed by atoms with Gasteiger partial charge in [-0.05, 0) is 30.7 Å². The van der Waals surface area contributed by atoms with Gasteiger partial charge in [-0.1, -0.05) is 30.3 Å². The Bertz CT molecular complexity index is 854. The van der Waals surface area contributed by atoms with E-state index in [1.165, 1.54) is 20.3 Å². The number of methoxy groups -OCH3 is 2. The number of amides is 2. The van der Waals surface area contributed by atoms with Crippen molar-refractivity contribution in [3.05, 3.63) is 59.7 Å². The summed E-state index contributed by atoms with van der Waals surface area (Å²) in [5.74, 6) is -0.751. The highest BCUT2D eigenvalue weighted by molar-refractivity contribution is 5.96. The summed E-state index contributed by atoms with van der Waals surface area (Å²) in [7, 11) is 2.95. The van der Waals surface area contributed by atoms with Crippen molar-refractivity contribution >= 4 is 17.8 Å². The fraction of sp³-hybridized carbons (Fsp3) is 0.286. The molecule has 1 unspecified atom stereocenters. The summed E-state index contributed by atoms with van der Waals surface area (Å²) in [6, 6.07) is 13.8.